The van der Waals surface area contributed by atoms with E-state index >= 15 is 0 Å². The predicted molar refractivity (Wildman–Crippen MR) is 66.5 cm³/mol. The second kappa shape index (κ2) is 4.98. The maximum atomic E-state index is 12.1. The van der Waals surface area contributed by atoms with Gasteiger partial charge in [0.25, 0.3) is 0 Å². The van der Waals surface area contributed by atoms with E-state index in [4.69, 9.17) is 0 Å². The van der Waals surface area contributed by atoms with E-state index in [1.54, 1.807) is 37.4 Å². The van der Waals surface area contributed by atoms with Crippen LogP contribution in [-0.2, 0) is 7.05 Å². The average Bonchev–Trinajstić information content (AvgIpc) is 2.79. The van der Waals surface area contributed by atoms with Gasteiger partial charge in [0.15, 0.2) is 6.29 Å². The number of aldehydes is 1. The van der Waals surface area contributed by atoms with Crippen LogP contribution in [0.25, 0.3) is 0 Å². The largest absolute Gasteiger partial charge is 0.380 e. The summed E-state index contributed by atoms with van der Waals surface area (Å²) in [6, 6.07) is 11.8. The molecule has 0 fully saturated rings. The topological polar surface area (TPSA) is 59.3 Å². The Morgan fingerprint density at radius 1 is 1.22 bits per heavy atom. The third kappa shape index (κ3) is 2.10. The Labute approximate surface area is 104 Å². The van der Waals surface area contributed by atoms with Gasteiger partial charge in [0, 0.05) is 7.05 Å². The molecule has 1 aromatic heterocycles. The molecule has 0 bridgehead atoms. The van der Waals surface area contributed by atoms with Crippen molar-refractivity contribution in [3.8, 4) is 0 Å². The molecule has 18 heavy (non-hydrogen) atoms. The van der Waals surface area contributed by atoms with Crippen LogP contribution in [0, 0.1) is 0 Å². The van der Waals surface area contributed by atoms with E-state index in [1.165, 1.54) is 10.6 Å². The highest BCUT2D eigenvalue weighted by Gasteiger charge is 2.22. The molecule has 1 heterocycles. The number of ketones is 1. The fraction of sp³-hybridized carbons (Fsp3) is 0.143. The lowest BCUT2D eigenvalue weighted by molar-refractivity contribution is 0.0738. The maximum absolute atomic E-state index is 12.1. The number of aliphatic hydroxyl groups is 1. The summed E-state index contributed by atoms with van der Waals surface area (Å²) in [5, 5.41) is 10.00. The second-order valence-corrected chi connectivity index (χ2v) is 4.00. The number of hydrogen-bond acceptors (Lipinski definition) is 3. The van der Waals surface area contributed by atoms with Gasteiger partial charge < -0.3 is 9.67 Å². The third-order valence-electron chi connectivity index (χ3n) is 2.90. The number of Topliss-reactive ketones (excluding diaryl/α,β-unsaturated/α-hetero) is 1. The summed E-state index contributed by atoms with van der Waals surface area (Å²) in [5.41, 5.74) is 1.25. The van der Waals surface area contributed by atoms with Gasteiger partial charge in [-0.1, -0.05) is 30.3 Å². The molecule has 1 N–H and O–H groups in total. The van der Waals surface area contributed by atoms with Gasteiger partial charge >= 0.3 is 0 Å². The molecular weight excluding hydrogens is 230 g/mol. The number of carbonyl (C=O) groups is 2. The molecule has 4 nitrogen and oxygen atoms in total. The Morgan fingerprint density at radius 3 is 2.44 bits per heavy atom. The minimum atomic E-state index is -1.21. The highest BCUT2D eigenvalue weighted by atomic mass is 16.3. The van der Waals surface area contributed by atoms with Crippen molar-refractivity contribution in [3.63, 3.8) is 0 Å². The van der Waals surface area contributed by atoms with E-state index in [1.807, 2.05) is 6.07 Å². The first kappa shape index (κ1) is 12.3. The molecule has 0 radical (unpaired) electrons. The number of nitrogens with zero attached hydrogens (tertiary/aromatic N) is 1. The van der Waals surface area contributed by atoms with Crippen molar-refractivity contribution < 1.29 is 14.7 Å². The quantitative estimate of drug-likeness (QED) is 0.657. The first-order valence-electron chi connectivity index (χ1n) is 5.53. The molecule has 1 atom stereocenters. The number of aromatic nitrogens is 1. The Morgan fingerprint density at radius 2 is 1.89 bits per heavy atom. The molecule has 0 amide bonds. The fourth-order valence-corrected chi connectivity index (χ4v) is 1.82. The van der Waals surface area contributed by atoms with Crippen molar-refractivity contribution in [2.45, 2.75) is 6.10 Å². The van der Waals surface area contributed by atoms with E-state index in [0.29, 0.717) is 23.2 Å². The van der Waals surface area contributed by atoms with Gasteiger partial charge in [0.05, 0.1) is 11.4 Å². The summed E-state index contributed by atoms with van der Waals surface area (Å²) < 4.78 is 1.47. The van der Waals surface area contributed by atoms with Crippen molar-refractivity contribution in [1.82, 2.24) is 4.57 Å². The lowest BCUT2D eigenvalue weighted by atomic mass is 10.0. The van der Waals surface area contributed by atoms with Gasteiger partial charge in [-0.2, -0.15) is 0 Å². The Kier molecular flexibility index (Phi) is 3.39. The molecule has 1 unspecified atom stereocenters. The van der Waals surface area contributed by atoms with Gasteiger partial charge in [-0.25, -0.2) is 0 Å². The van der Waals surface area contributed by atoms with Crippen LogP contribution in [0.3, 0.4) is 0 Å². The molecule has 1 aromatic carbocycles. The molecule has 4 heteroatoms. The van der Waals surface area contributed by atoms with Crippen molar-refractivity contribution in [2.75, 3.05) is 0 Å². The fourth-order valence-electron chi connectivity index (χ4n) is 1.82. The maximum Gasteiger partial charge on any atom is 0.212 e. The summed E-state index contributed by atoms with van der Waals surface area (Å²) >= 11 is 0. The van der Waals surface area contributed by atoms with Gasteiger partial charge in [0.2, 0.25) is 5.78 Å². The molecular formula is C14H13NO3. The highest BCUT2D eigenvalue weighted by molar-refractivity contribution is 5.99. The van der Waals surface area contributed by atoms with Crippen LogP contribution < -0.4 is 0 Å². The molecule has 92 valence electrons. The SMILES string of the molecule is Cn1c(C=O)ccc1C(=O)C(O)c1ccccc1. The summed E-state index contributed by atoms with van der Waals surface area (Å²) in [5.74, 6) is -0.420. The second-order valence-electron chi connectivity index (χ2n) is 4.00. The van der Waals surface area contributed by atoms with Gasteiger partial charge in [0.1, 0.15) is 6.10 Å². The van der Waals surface area contributed by atoms with Crippen LogP contribution >= 0.6 is 0 Å². The molecule has 2 aromatic rings. The first-order chi connectivity index (χ1) is 8.65. The predicted octanol–water partition coefficient (Wildman–Crippen LogP) is 1.75. The lowest BCUT2D eigenvalue weighted by Gasteiger charge is -2.10. The standard InChI is InChI=1S/C14H13NO3/c1-15-11(9-16)7-8-12(15)14(18)13(17)10-5-3-2-4-6-10/h2-9,13,17H,1H3. The van der Waals surface area contributed by atoms with E-state index in [9.17, 15) is 14.7 Å². The van der Waals surface area contributed by atoms with Crippen LogP contribution in [0.2, 0.25) is 0 Å². The van der Waals surface area contributed by atoms with Crippen LogP contribution in [0.4, 0.5) is 0 Å². The number of aliphatic hydroxyl groups excluding tert-OH is 1. The molecule has 0 saturated heterocycles. The van der Waals surface area contributed by atoms with Gasteiger partial charge in [-0.3, -0.25) is 9.59 Å². The summed E-state index contributed by atoms with van der Waals surface area (Å²) in [4.78, 5) is 22.8. The minimum Gasteiger partial charge on any atom is -0.380 e. The zero-order valence-corrected chi connectivity index (χ0v) is 9.91. The Bertz CT molecular complexity index is 572. The smallest absolute Gasteiger partial charge is 0.212 e. The van der Waals surface area contributed by atoms with Crippen LogP contribution in [0.15, 0.2) is 42.5 Å². The molecule has 2 rings (SSSR count). The third-order valence-corrected chi connectivity index (χ3v) is 2.90. The lowest BCUT2D eigenvalue weighted by Crippen LogP contribution is -2.16. The Balaban J connectivity index is 2.31. The molecule has 0 spiro atoms. The highest BCUT2D eigenvalue weighted by Crippen LogP contribution is 2.19. The first-order valence-corrected chi connectivity index (χ1v) is 5.53. The number of rotatable bonds is 4. The Hall–Kier alpha value is -2.20. The molecule has 0 aliphatic rings. The van der Waals surface area contributed by atoms with Gasteiger partial charge in [-0.05, 0) is 17.7 Å². The average molecular weight is 243 g/mol. The zero-order chi connectivity index (χ0) is 13.1. The van der Waals surface area contributed by atoms with Crippen molar-refractivity contribution in [2.24, 2.45) is 7.05 Å². The van der Waals surface area contributed by atoms with Crippen molar-refractivity contribution in [1.29, 1.82) is 0 Å². The minimum absolute atomic E-state index is 0.313. The number of carbonyl (C=O) groups excluding carboxylic acids is 2. The van der Waals surface area contributed by atoms with E-state index in [-0.39, 0.29) is 0 Å². The number of benzene rings is 1. The van der Waals surface area contributed by atoms with Crippen LogP contribution in [0.5, 0.6) is 0 Å². The van der Waals surface area contributed by atoms with Gasteiger partial charge in [-0.15, -0.1) is 0 Å². The number of hydrogen-bond donors (Lipinski definition) is 1. The normalized spacial score (nSPS) is 12.1. The van der Waals surface area contributed by atoms with E-state index in [2.05, 4.69) is 0 Å². The van der Waals surface area contributed by atoms with Crippen LogP contribution in [0.1, 0.15) is 32.6 Å². The monoisotopic (exact) mass is 243 g/mol. The zero-order valence-electron chi connectivity index (χ0n) is 9.91. The van der Waals surface area contributed by atoms with Crippen molar-refractivity contribution >= 4 is 12.1 Å². The summed E-state index contributed by atoms with van der Waals surface area (Å²) in [7, 11) is 1.62. The molecule has 0 aliphatic carbocycles. The summed E-state index contributed by atoms with van der Waals surface area (Å²) in [6.07, 6.45) is -0.537. The summed E-state index contributed by atoms with van der Waals surface area (Å²) in [6.45, 7) is 0. The van der Waals surface area contributed by atoms with E-state index < -0.39 is 11.9 Å². The molecule has 0 aliphatic heterocycles. The van der Waals surface area contributed by atoms with E-state index in [0.717, 1.165) is 0 Å². The van der Waals surface area contributed by atoms with Crippen LogP contribution in [-0.4, -0.2) is 21.7 Å². The van der Waals surface area contributed by atoms with Crippen molar-refractivity contribution in [3.05, 3.63) is 59.4 Å². The molecule has 0 saturated carbocycles.